The number of nitrogens with zero attached hydrogens (tertiary/aromatic N) is 2. The number of fused-ring (bicyclic) bond motifs is 1. The smallest absolute Gasteiger partial charge is 0.154 e. The summed E-state index contributed by atoms with van der Waals surface area (Å²) in [4.78, 5) is 2.15. The number of benzene rings is 1. The van der Waals surface area contributed by atoms with Gasteiger partial charge in [0.15, 0.2) is 9.84 Å². The Balaban J connectivity index is 1.53. The van der Waals surface area contributed by atoms with Gasteiger partial charge in [-0.2, -0.15) is 5.26 Å². The van der Waals surface area contributed by atoms with E-state index in [1.807, 2.05) is 6.07 Å². The number of sulfone groups is 1. The second kappa shape index (κ2) is 5.66. The fraction of sp³-hybridized carbons (Fsp3) is 0.533. The van der Waals surface area contributed by atoms with Crippen molar-refractivity contribution >= 4 is 9.84 Å². The highest BCUT2D eigenvalue weighted by atomic mass is 32.2. The molecule has 0 saturated carbocycles. The van der Waals surface area contributed by atoms with E-state index in [0.29, 0.717) is 42.7 Å². The number of nitriles is 1. The number of hydrogen-bond donors (Lipinski definition) is 0. The van der Waals surface area contributed by atoms with Gasteiger partial charge in [0.2, 0.25) is 0 Å². The van der Waals surface area contributed by atoms with E-state index in [1.54, 1.807) is 18.2 Å². The number of para-hydroxylation sites is 1. The van der Waals surface area contributed by atoms with Crippen LogP contribution in [-0.4, -0.2) is 50.6 Å². The fourth-order valence-corrected chi connectivity index (χ4v) is 5.41. The molecule has 6 heteroatoms. The van der Waals surface area contributed by atoms with Crippen LogP contribution >= 0.6 is 0 Å². The van der Waals surface area contributed by atoms with Crippen LogP contribution in [0.25, 0.3) is 0 Å². The first-order valence-corrected chi connectivity index (χ1v) is 8.87. The van der Waals surface area contributed by atoms with Crippen molar-refractivity contribution in [2.75, 3.05) is 32.0 Å². The summed E-state index contributed by atoms with van der Waals surface area (Å²) < 4.78 is 29.4. The third kappa shape index (κ3) is 2.89. The summed E-state index contributed by atoms with van der Waals surface area (Å²) in [5.74, 6) is 1.23. The van der Waals surface area contributed by atoms with Crippen LogP contribution in [0.4, 0.5) is 0 Å². The largest absolute Gasteiger partial charge is 0.491 e. The molecule has 21 heavy (non-hydrogen) atoms. The Kier molecular flexibility index (Phi) is 3.87. The predicted octanol–water partition coefficient (Wildman–Crippen LogP) is 1.06. The maximum atomic E-state index is 11.9. The van der Waals surface area contributed by atoms with Crippen molar-refractivity contribution in [1.29, 1.82) is 5.26 Å². The van der Waals surface area contributed by atoms with Crippen LogP contribution in [0.15, 0.2) is 24.3 Å². The van der Waals surface area contributed by atoms with Crippen LogP contribution in [0.2, 0.25) is 0 Å². The summed E-state index contributed by atoms with van der Waals surface area (Å²) in [7, 11) is -2.87. The van der Waals surface area contributed by atoms with Gasteiger partial charge in [0.25, 0.3) is 0 Å². The summed E-state index contributed by atoms with van der Waals surface area (Å²) in [6, 6.07) is 9.24. The van der Waals surface area contributed by atoms with Gasteiger partial charge in [-0.15, -0.1) is 0 Å². The number of hydrogen-bond acceptors (Lipinski definition) is 5. The van der Waals surface area contributed by atoms with Crippen LogP contribution in [0.5, 0.6) is 5.75 Å². The van der Waals surface area contributed by atoms with E-state index < -0.39 is 9.84 Å². The zero-order valence-electron chi connectivity index (χ0n) is 11.7. The van der Waals surface area contributed by atoms with E-state index in [2.05, 4.69) is 11.0 Å². The quantitative estimate of drug-likeness (QED) is 0.832. The SMILES string of the molecule is N#Cc1ccccc1OCCN1C[C@@H]2CCS(=O)(=O)[C@@H]2C1. The average Bonchev–Trinajstić information content (AvgIpc) is 3.00. The van der Waals surface area contributed by atoms with Crippen molar-refractivity contribution in [2.24, 2.45) is 5.92 Å². The Hall–Kier alpha value is -1.58. The first-order valence-electron chi connectivity index (χ1n) is 7.16. The zero-order chi connectivity index (χ0) is 14.9. The van der Waals surface area contributed by atoms with E-state index in [9.17, 15) is 8.42 Å². The molecule has 0 radical (unpaired) electrons. The summed E-state index contributed by atoms with van der Waals surface area (Å²) in [6.45, 7) is 2.63. The lowest BCUT2D eigenvalue weighted by atomic mass is 10.1. The second-order valence-electron chi connectivity index (χ2n) is 5.67. The van der Waals surface area contributed by atoms with E-state index in [1.165, 1.54) is 0 Å². The average molecular weight is 306 g/mol. The van der Waals surface area contributed by atoms with Gasteiger partial charge in [-0.3, -0.25) is 4.90 Å². The van der Waals surface area contributed by atoms with E-state index >= 15 is 0 Å². The Morgan fingerprint density at radius 1 is 1.33 bits per heavy atom. The van der Waals surface area contributed by atoms with Gasteiger partial charge < -0.3 is 4.74 Å². The molecule has 2 aliphatic heterocycles. The molecule has 0 aliphatic carbocycles. The highest BCUT2D eigenvalue weighted by molar-refractivity contribution is 7.92. The lowest BCUT2D eigenvalue weighted by Crippen LogP contribution is -2.30. The Morgan fingerprint density at radius 3 is 2.90 bits per heavy atom. The van der Waals surface area contributed by atoms with Crippen LogP contribution in [0, 0.1) is 17.2 Å². The predicted molar refractivity (Wildman–Crippen MR) is 78.8 cm³/mol. The molecule has 1 aromatic rings. The normalized spacial score (nSPS) is 27.2. The standard InChI is InChI=1S/C15H18N2O3S/c16-9-12-3-1-2-4-14(12)20-7-6-17-10-13-5-8-21(18,19)15(13)11-17/h1-4,13,15H,5-8,10-11H2/t13-,15+/m0/s1. The molecule has 2 heterocycles. The van der Waals surface area contributed by atoms with Gasteiger partial charge in [0, 0.05) is 19.6 Å². The zero-order valence-corrected chi connectivity index (χ0v) is 12.6. The summed E-state index contributed by atoms with van der Waals surface area (Å²) in [5.41, 5.74) is 0.526. The Morgan fingerprint density at radius 2 is 2.14 bits per heavy atom. The van der Waals surface area contributed by atoms with Gasteiger partial charge in [0.1, 0.15) is 18.4 Å². The molecule has 0 bridgehead atoms. The van der Waals surface area contributed by atoms with Crippen LogP contribution < -0.4 is 4.74 Å². The summed E-state index contributed by atoms with van der Waals surface area (Å²) >= 11 is 0. The summed E-state index contributed by atoms with van der Waals surface area (Å²) in [6.07, 6.45) is 0.793. The maximum Gasteiger partial charge on any atom is 0.154 e. The molecule has 0 N–H and O–H groups in total. The first kappa shape index (κ1) is 14.4. The summed E-state index contributed by atoms with van der Waals surface area (Å²) in [5, 5.41) is 8.81. The van der Waals surface area contributed by atoms with Crippen LogP contribution in [0.1, 0.15) is 12.0 Å². The topological polar surface area (TPSA) is 70.4 Å². The highest BCUT2D eigenvalue weighted by Crippen LogP contribution is 2.33. The molecule has 0 unspecified atom stereocenters. The lowest BCUT2D eigenvalue weighted by molar-refractivity contribution is 0.231. The fourth-order valence-electron chi connectivity index (χ4n) is 3.23. The van der Waals surface area contributed by atoms with Crippen LogP contribution in [0.3, 0.4) is 0 Å². The minimum Gasteiger partial charge on any atom is -0.491 e. The van der Waals surface area contributed by atoms with E-state index in [0.717, 1.165) is 13.0 Å². The molecule has 2 saturated heterocycles. The van der Waals surface area contributed by atoms with Gasteiger partial charge >= 0.3 is 0 Å². The molecular weight excluding hydrogens is 288 g/mol. The van der Waals surface area contributed by atoms with Gasteiger partial charge in [-0.05, 0) is 24.5 Å². The Labute approximate surface area is 125 Å². The van der Waals surface area contributed by atoms with Crippen molar-refractivity contribution in [3.05, 3.63) is 29.8 Å². The highest BCUT2D eigenvalue weighted by Gasteiger charge is 2.45. The number of likely N-dealkylation sites (tertiary alicyclic amines) is 1. The van der Waals surface area contributed by atoms with Gasteiger partial charge in [0.05, 0.1) is 16.6 Å². The van der Waals surface area contributed by atoms with Crippen molar-refractivity contribution in [2.45, 2.75) is 11.7 Å². The molecular formula is C15H18N2O3S. The van der Waals surface area contributed by atoms with Gasteiger partial charge in [-0.25, -0.2) is 8.42 Å². The van der Waals surface area contributed by atoms with Crippen molar-refractivity contribution in [3.8, 4) is 11.8 Å². The molecule has 3 rings (SSSR count). The van der Waals surface area contributed by atoms with E-state index in [-0.39, 0.29) is 5.25 Å². The minimum absolute atomic E-state index is 0.177. The van der Waals surface area contributed by atoms with E-state index in [4.69, 9.17) is 10.00 Å². The van der Waals surface area contributed by atoms with Crippen molar-refractivity contribution < 1.29 is 13.2 Å². The van der Waals surface area contributed by atoms with Crippen LogP contribution in [-0.2, 0) is 9.84 Å². The Bertz CT molecular complexity index is 666. The second-order valence-corrected chi connectivity index (χ2v) is 8.01. The molecule has 5 nitrogen and oxygen atoms in total. The van der Waals surface area contributed by atoms with Gasteiger partial charge in [-0.1, -0.05) is 12.1 Å². The third-order valence-corrected chi connectivity index (χ3v) is 6.62. The lowest BCUT2D eigenvalue weighted by Gasteiger charge is -2.17. The monoisotopic (exact) mass is 306 g/mol. The minimum atomic E-state index is -2.87. The molecule has 0 spiro atoms. The number of ether oxygens (including phenoxy) is 1. The molecule has 1 aromatic carbocycles. The maximum absolute atomic E-state index is 11.9. The molecule has 112 valence electrons. The molecule has 0 aromatic heterocycles. The molecule has 0 amide bonds. The third-order valence-electron chi connectivity index (χ3n) is 4.36. The molecule has 2 aliphatic rings. The molecule has 2 atom stereocenters. The number of rotatable bonds is 4. The first-order chi connectivity index (χ1) is 10.1. The van der Waals surface area contributed by atoms with Crippen molar-refractivity contribution in [1.82, 2.24) is 4.90 Å². The molecule has 2 fully saturated rings. The van der Waals surface area contributed by atoms with Crippen molar-refractivity contribution in [3.63, 3.8) is 0 Å².